The van der Waals surface area contributed by atoms with Gasteiger partial charge in [-0.1, -0.05) is 31.5 Å². The fourth-order valence-corrected chi connectivity index (χ4v) is 2.56. The summed E-state index contributed by atoms with van der Waals surface area (Å²) in [5, 5.41) is 13.4. The van der Waals surface area contributed by atoms with Crippen molar-refractivity contribution < 1.29 is 27.6 Å². The Morgan fingerprint density at radius 2 is 1.89 bits per heavy atom. The maximum absolute atomic E-state index is 14.2. The van der Waals surface area contributed by atoms with Crippen LogP contribution >= 0.6 is 0 Å². The minimum Gasteiger partial charge on any atom is -0.435 e. The normalized spacial score (nSPS) is 11.9. The van der Waals surface area contributed by atoms with Gasteiger partial charge in [-0.2, -0.15) is 13.2 Å². The van der Waals surface area contributed by atoms with Crippen molar-refractivity contribution in [1.82, 2.24) is 5.32 Å². The van der Waals surface area contributed by atoms with Gasteiger partial charge in [0.05, 0.1) is 16.5 Å². The van der Waals surface area contributed by atoms with Crippen LogP contribution in [0.15, 0.2) is 42.5 Å². The lowest BCUT2D eigenvalue weighted by molar-refractivity contribution is -0.387. The largest absolute Gasteiger partial charge is 0.435 e. The van der Waals surface area contributed by atoms with E-state index in [1.807, 2.05) is 6.92 Å². The van der Waals surface area contributed by atoms with Crippen LogP contribution < -0.4 is 10.1 Å². The van der Waals surface area contributed by atoms with Crippen molar-refractivity contribution >= 4 is 11.6 Å². The Bertz CT molecular complexity index is 813. The predicted octanol–water partition coefficient (Wildman–Crippen LogP) is 4.61. The zero-order chi connectivity index (χ0) is 20.0. The Kier molecular flexibility index (Phi) is 6.75. The van der Waals surface area contributed by atoms with Gasteiger partial charge >= 0.3 is 12.3 Å². The Labute approximate surface area is 153 Å². The zero-order valence-electron chi connectivity index (χ0n) is 14.3. The molecular weight excluding hydrogens is 365 g/mol. The summed E-state index contributed by atoms with van der Waals surface area (Å²) in [5.74, 6) is -2.04. The van der Waals surface area contributed by atoms with Crippen molar-refractivity contribution in [1.29, 1.82) is 0 Å². The second-order valence-electron chi connectivity index (χ2n) is 5.66. The van der Waals surface area contributed by atoms with Crippen molar-refractivity contribution in [2.75, 3.05) is 0 Å². The van der Waals surface area contributed by atoms with Crippen molar-refractivity contribution in [2.24, 2.45) is 0 Å². The minimum atomic E-state index is -2.95. The lowest BCUT2D eigenvalue weighted by Gasteiger charge is -2.19. The molecule has 27 heavy (non-hydrogen) atoms. The highest BCUT2D eigenvalue weighted by Gasteiger charge is 2.23. The summed E-state index contributed by atoms with van der Waals surface area (Å²) in [7, 11) is 0. The molecule has 0 bridgehead atoms. The molecule has 144 valence electrons. The van der Waals surface area contributed by atoms with E-state index >= 15 is 0 Å². The number of benzene rings is 2. The standard InChI is InChI=1S/C18H17F3N2O4/c1-2-4-14(11-7-9-12(10-8-11)27-18(20)21)22-17(24)13-5-3-6-15(16(13)19)23(25)26/h3,5-10,14,18H,2,4H2,1H3,(H,22,24)/t14-/m0/s1. The molecule has 0 saturated heterocycles. The number of alkyl halides is 2. The molecule has 1 amide bonds. The van der Waals surface area contributed by atoms with E-state index in [2.05, 4.69) is 10.1 Å². The van der Waals surface area contributed by atoms with Crippen LogP contribution in [0.3, 0.4) is 0 Å². The average Bonchev–Trinajstić information content (AvgIpc) is 2.61. The second-order valence-corrected chi connectivity index (χ2v) is 5.66. The predicted molar refractivity (Wildman–Crippen MR) is 91.2 cm³/mol. The molecule has 0 aliphatic rings. The number of nitrogens with zero attached hydrogens (tertiary/aromatic N) is 1. The SMILES string of the molecule is CCC[C@H](NC(=O)c1cccc([N+](=O)[O-])c1F)c1ccc(OC(F)F)cc1. The fraction of sp³-hybridized carbons (Fsp3) is 0.278. The highest BCUT2D eigenvalue weighted by atomic mass is 19.3. The summed E-state index contributed by atoms with van der Waals surface area (Å²) >= 11 is 0. The van der Waals surface area contributed by atoms with Crippen LogP contribution in [-0.2, 0) is 0 Å². The number of carbonyl (C=O) groups excluding carboxylic acids is 1. The van der Waals surface area contributed by atoms with Crippen LogP contribution in [0, 0.1) is 15.9 Å². The molecule has 0 saturated carbocycles. The Morgan fingerprint density at radius 3 is 2.44 bits per heavy atom. The molecule has 6 nitrogen and oxygen atoms in total. The van der Waals surface area contributed by atoms with E-state index in [9.17, 15) is 28.1 Å². The number of nitrogens with one attached hydrogen (secondary N) is 1. The van der Waals surface area contributed by atoms with Gasteiger partial charge in [0, 0.05) is 6.07 Å². The molecule has 1 atom stereocenters. The highest BCUT2D eigenvalue weighted by Crippen LogP contribution is 2.25. The number of ether oxygens (including phenoxy) is 1. The first kappa shape index (κ1) is 20.2. The molecule has 2 rings (SSSR count). The van der Waals surface area contributed by atoms with Gasteiger partial charge in [0.15, 0.2) is 0 Å². The molecule has 2 aromatic carbocycles. The topological polar surface area (TPSA) is 81.5 Å². The van der Waals surface area contributed by atoms with Crippen LogP contribution in [0.4, 0.5) is 18.9 Å². The number of hydrogen-bond donors (Lipinski definition) is 1. The van der Waals surface area contributed by atoms with E-state index in [1.165, 1.54) is 30.3 Å². The molecule has 0 fully saturated rings. The molecule has 0 radical (unpaired) electrons. The second kappa shape index (κ2) is 9.02. The lowest BCUT2D eigenvalue weighted by atomic mass is 10.0. The van der Waals surface area contributed by atoms with E-state index < -0.39 is 40.6 Å². The smallest absolute Gasteiger partial charge is 0.387 e. The molecule has 2 aromatic rings. The van der Waals surface area contributed by atoms with Crippen LogP contribution in [0.25, 0.3) is 0 Å². The number of carbonyl (C=O) groups is 1. The molecule has 9 heteroatoms. The minimum absolute atomic E-state index is 0.0277. The van der Waals surface area contributed by atoms with Crippen LogP contribution in [0.1, 0.15) is 41.7 Å². The Hall–Kier alpha value is -3.10. The number of nitro groups is 1. The van der Waals surface area contributed by atoms with Gasteiger partial charge in [0.1, 0.15) is 5.75 Å². The van der Waals surface area contributed by atoms with Crippen LogP contribution in [0.5, 0.6) is 5.75 Å². The number of halogens is 3. The van der Waals surface area contributed by atoms with E-state index in [-0.39, 0.29) is 5.75 Å². The lowest BCUT2D eigenvalue weighted by Crippen LogP contribution is -2.29. The maximum Gasteiger partial charge on any atom is 0.387 e. The molecule has 0 aliphatic carbocycles. The Balaban J connectivity index is 2.22. The fourth-order valence-electron chi connectivity index (χ4n) is 2.56. The summed E-state index contributed by atoms with van der Waals surface area (Å²) in [4.78, 5) is 22.3. The number of amides is 1. The summed E-state index contributed by atoms with van der Waals surface area (Å²) in [6.45, 7) is -1.07. The first-order valence-electron chi connectivity index (χ1n) is 8.12. The van der Waals surface area contributed by atoms with Gasteiger partial charge in [-0.05, 0) is 30.2 Å². The summed E-state index contributed by atoms with van der Waals surface area (Å²) in [5.41, 5.74) is -0.621. The molecular formula is C18H17F3N2O4. The van der Waals surface area contributed by atoms with Crippen molar-refractivity contribution in [3.8, 4) is 5.75 Å². The molecule has 0 aliphatic heterocycles. The number of rotatable bonds is 8. The van der Waals surface area contributed by atoms with Crippen molar-refractivity contribution in [2.45, 2.75) is 32.4 Å². The molecule has 0 heterocycles. The third-order valence-electron chi connectivity index (χ3n) is 3.81. The quantitative estimate of drug-likeness (QED) is 0.534. The van der Waals surface area contributed by atoms with Crippen LogP contribution in [0.2, 0.25) is 0 Å². The van der Waals surface area contributed by atoms with E-state index in [1.54, 1.807) is 0 Å². The van der Waals surface area contributed by atoms with Gasteiger partial charge in [-0.25, -0.2) is 0 Å². The van der Waals surface area contributed by atoms with Gasteiger partial charge in [-0.3, -0.25) is 14.9 Å². The van der Waals surface area contributed by atoms with Gasteiger partial charge in [0.2, 0.25) is 5.82 Å². The average molecular weight is 382 g/mol. The van der Waals surface area contributed by atoms with Gasteiger partial charge in [-0.15, -0.1) is 0 Å². The van der Waals surface area contributed by atoms with E-state index in [0.29, 0.717) is 18.4 Å². The third-order valence-corrected chi connectivity index (χ3v) is 3.81. The highest BCUT2D eigenvalue weighted by molar-refractivity contribution is 5.95. The molecule has 0 unspecified atom stereocenters. The zero-order valence-corrected chi connectivity index (χ0v) is 14.3. The first-order chi connectivity index (χ1) is 12.8. The molecule has 1 N–H and O–H groups in total. The maximum atomic E-state index is 14.2. The van der Waals surface area contributed by atoms with Gasteiger partial charge < -0.3 is 10.1 Å². The number of nitro benzene ring substituents is 1. The monoisotopic (exact) mass is 382 g/mol. The molecule has 0 aromatic heterocycles. The molecule has 0 spiro atoms. The summed E-state index contributed by atoms with van der Waals surface area (Å²) in [6, 6.07) is 8.53. The van der Waals surface area contributed by atoms with E-state index in [0.717, 1.165) is 12.1 Å². The van der Waals surface area contributed by atoms with Crippen molar-refractivity contribution in [3.05, 3.63) is 69.5 Å². The third kappa shape index (κ3) is 5.19. The van der Waals surface area contributed by atoms with Gasteiger partial charge in [0.25, 0.3) is 5.91 Å². The Morgan fingerprint density at radius 1 is 1.22 bits per heavy atom. The first-order valence-corrected chi connectivity index (χ1v) is 8.12. The summed E-state index contributed by atoms with van der Waals surface area (Å²) in [6.07, 6.45) is 1.18. The van der Waals surface area contributed by atoms with E-state index in [4.69, 9.17) is 0 Å². The number of hydrogen-bond acceptors (Lipinski definition) is 4. The summed E-state index contributed by atoms with van der Waals surface area (Å²) < 4.78 is 42.9. The van der Waals surface area contributed by atoms with Crippen molar-refractivity contribution in [3.63, 3.8) is 0 Å². The van der Waals surface area contributed by atoms with Crippen LogP contribution in [-0.4, -0.2) is 17.4 Å².